The molecule has 4 rings (SSSR count). The first-order valence-corrected chi connectivity index (χ1v) is 9.28. The number of anilines is 2. The molecule has 0 spiro atoms. The van der Waals surface area contributed by atoms with Gasteiger partial charge in [-0.25, -0.2) is 4.79 Å². The molecule has 1 heterocycles. The Morgan fingerprint density at radius 2 is 1.92 bits per heavy atom. The number of amides is 2. The second kappa shape index (κ2) is 6.63. The summed E-state index contributed by atoms with van der Waals surface area (Å²) in [5.74, 6) is 1.34. The minimum absolute atomic E-state index is 0.118. The number of hydrogen-bond donors (Lipinski definition) is 3. The van der Waals surface area contributed by atoms with Crippen LogP contribution in [-0.4, -0.2) is 36.9 Å². The third kappa shape index (κ3) is 2.86. The predicted molar refractivity (Wildman–Crippen MR) is 95.2 cm³/mol. The average molecular weight is 329 g/mol. The molecule has 0 unspecified atom stereocenters. The van der Waals surface area contributed by atoms with E-state index in [0.29, 0.717) is 11.8 Å². The molecule has 1 aliphatic heterocycles. The number of benzene rings is 1. The minimum Gasteiger partial charge on any atom is -0.396 e. The van der Waals surface area contributed by atoms with Gasteiger partial charge in [0.25, 0.3) is 0 Å². The smallest absolute Gasteiger partial charge is 0.319 e. The standard InChI is InChI=1S/C19H27N3O2/c23-12-15-13-7-8-14(11-13)18(15)21-19(24)20-16-5-1-2-6-17(16)22-9-3-4-10-22/h1-2,5-6,13-15,18,23H,3-4,7-12H2,(H2,20,21,24)/t13-,14+,15-,18+/m0/s1. The lowest BCUT2D eigenvalue weighted by molar-refractivity contribution is 0.146. The summed E-state index contributed by atoms with van der Waals surface area (Å²) in [6.07, 6.45) is 5.96. The van der Waals surface area contributed by atoms with Crippen molar-refractivity contribution in [3.63, 3.8) is 0 Å². The SMILES string of the molecule is O=C(Nc1ccccc1N1CCCC1)N[C@@H]1[C@@H]2CC[C@@H](C2)[C@@H]1CO. The number of urea groups is 1. The Kier molecular flexibility index (Phi) is 4.35. The van der Waals surface area contributed by atoms with Crippen molar-refractivity contribution in [1.82, 2.24) is 5.32 Å². The van der Waals surface area contributed by atoms with Crippen LogP contribution in [0.5, 0.6) is 0 Å². The van der Waals surface area contributed by atoms with E-state index in [4.69, 9.17) is 0 Å². The second-order valence-corrected chi connectivity index (χ2v) is 7.52. The molecule has 24 heavy (non-hydrogen) atoms. The minimum atomic E-state index is -0.141. The van der Waals surface area contributed by atoms with Crippen molar-refractivity contribution < 1.29 is 9.90 Å². The summed E-state index contributed by atoms with van der Waals surface area (Å²) in [4.78, 5) is 14.9. The van der Waals surface area contributed by atoms with Crippen LogP contribution in [0.1, 0.15) is 32.1 Å². The first kappa shape index (κ1) is 15.8. The van der Waals surface area contributed by atoms with Crippen molar-refractivity contribution in [1.29, 1.82) is 0 Å². The van der Waals surface area contributed by atoms with Crippen molar-refractivity contribution in [3.8, 4) is 0 Å². The zero-order valence-corrected chi connectivity index (χ0v) is 14.1. The van der Waals surface area contributed by atoms with E-state index in [1.165, 1.54) is 25.7 Å². The molecule has 130 valence electrons. The van der Waals surface area contributed by atoms with Crippen LogP contribution in [0.15, 0.2) is 24.3 Å². The lowest BCUT2D eigenvalue weighted by Crippen LogP contribution is -2.47. The van der Waals surface area contributed by atoms with Crippen LogP contribution in [0.4, 0.5) is 16.2 Å². The molecular weight excluding hydrogens is 302 g/mol. The molecule has 5 nitrogen and oxygen atoms in total. The molecule has 3 N–H and O–H groups in total. The number of para-hydroxylation sites is 2. The van der Waals surface area contributed by atoms with Crippen LogP contribution in [0, 0.1) is 17.8 Å². The molecule has 0 aromatic heterocycles. The molecule has 4 atom stereocenters. The number of aliphatic hydroxyl groups excluding tert-OH is 1. The van der Waals surface area contributed by atoms with Gasteiger partial charge in [-0.15, -0.1) is 0 Å². The van der Waals surface area contributed by atoms with Gasteiger partial charge >= 0.3 is 6.03 Å². The molecule has 2 saturated carbocycles. The summed E-state index contributed by atoms with van der Waals surface area (Å²) >= 11 is 0. The maximum atomic E-state index is 12.6. The number of aliphatic hydroxyl groups is 1. The monoisotopic (exact) mass is 329 g/mol. The van der Waals surface area contributed by atoms with Crippen molar-refractivity contribution in [2.45, 2.75) is 38.1 Å². The van der Waals surface area contributed by atoms with Crippen molar-refractivity contribution in [2.75, 3.05) is 29.9 Å². The van der Waals surface area contributed by atoms with E-state index in [1.807, 2.05) is 18.2 Å². The molecule has 3 aliphatic rings. The molecule has 2 aliphatic carbocycles. The van der Waals surface area contributed by atoms with Crippen LogP contribution >= 0.6 is 0 Å². The largest absolute Gasteiger partial charge is 0.396 e. The topological polar surface area (TPSA) is 64.6 Å². The normalized spacial score (nSPS) is 31.5. The molecule has 2 amide bonds. The molecule has 1 aromatic rings. The van der Waals surface area contributed by atoms with Gasteiger partial charge in [-0.05, 0) is 56.1 Å². The number of nitrogens with one attached hydrogen (secondary N) is 2. The highest BCUT2D eigenvalue weighted by Crippen LogP contribution is 2.48. The summed E-state index contributed by atoms with van der Waals surface area (Å²) in [6, 6.07) is 8.01. The fourth-order valence-corrected chi connectivity index (χ4v) is 5.02. The molecule has 1 saturated heterocycles. The van der Waals surface area contributed by atoms with Crippen LogP contribution in [0.3, 0.4) is 0 Å². The van der Waals surface area contributed by atoms with Gasteiger partial charge in [-0.2, -0.15) is 0 Å². The van der Waals surface area contributed by atoms with Crippen LogP contribution in [0.25, 0.3) is 0 Å². The van der Waals surface area contributed by atoms with Crippen molar-refractivity contribution in [2.24, 2.45) is 17.8 Å². The Bertz CT molecular complexity index is 600. The first-order chi connectivity index (χ1) is 11.8. The van der Waals surface area contributed by atoms with E-state index >= 15 is 0 Å². The predicted octanol–water partition coefficient (Wildman–Crippen LogP) is 2.82. The quantitative estimate of drug-likeness (QED) is 0.796. The lowest BCUT2D eigenvalue weighted by atomic mass is 9.85. The van der Waals surface area contributed by atoms with E-state index in [-0.39, 0.29) is 24.6 Å². The summed E-state index contributed by atoms with van der Waals surface area (Å²) in [7, 11) is 0. The molecule has 5 heteroatoms. The van der Waals surface area contributed by atoms with Gasteiger partial charge < -0.3 is 20.6 Å². The Morgan fingerprint density at radius 3 is 2.71 bits per heavy atom. The Labute approximate surface area is 143 Å². The summed E-state index contributed by atoms with van der Waals surface area (Å²) in [5, 5.41) is 15.9. The van der Waals surface area contributed by atoms with Gasteiger partial charge in [0.1, 0.15) is 0 Å². The third-order valence-electron chi connectivity index (χ3n) is 6.20. The fraction of sp³-hybridized carbons (Fsp3) is 0.632. The number of carbonyl (C=O) groups excluding carboxylic acids is 1. The lowest BCUT2D eigenvalue weighted by Gasteiger charge is -2.30. The molecular formula is C19H27N3O2. The van der Waals surface area contributed by atoms with Crippen LogP contribution < -0.4 is 15.5 Å². The van der Waals surface area contributed by atoms with E-state index in [2.05, 4.69) is 21.6 Å². The summed E-state index contributed by atoms with van der Waals surface area (Å²) in [5.41, 5.74) is 1.98. The average Bonchev–Trinajstić information content (AvgIpc) is 3.32. The van der Waals surface area contributed by atoms with Gasteiger partial charge in [0.05, 0.1) is 11.4 Å². The number of carbonyl (C=O) groups is 1. The first-order valence-electron chi connectivity index (χ1n) is 9.28. The summed E-state index contributed by atoms with van der Waals surface area (Å²) in [6.45, 7) is 2.29. The van der Waals surface area contributed by atoms with Crippen LogP contribution in [-0.2, 0) is 0 Å². The summed E-state index contributed by atoms with van der Waals surface area (Å²) < 4.78 is 0. The zero-order chi connectivity index (χ0) is 16.5. The van der Waals surface area contributed by atoms with E-state index in [9.17, 15) is 9.90 Å². The van der Waals surface area contributed by atoms with Gasteiger partial charge in [0.2, 0.25) is 0 Å². The van der Waals surface area contributed by atoms with E-state index in [1.54, 1.807) is 0 Å². The molecule has 1 aromatic carbocycles. The number of hydrogen-bond acceptors (Lipinski definition) is 3. The maximum absolute atomic E-state index is 12.6. The van der Waals surface area contributed by atoms with Crippen molar-refractivity contribution >= 4 is 17.4 Å². The highest BCUT2D eigenvalue weighted by Gasteiger charge is 2.47. The van der Waals surface area contributed by atoms with Crippen LogP contribution in [0.2, 0.25) is 0 Å². The van der Waals surface area contributed by atoms with Crippen molar-refractivity contribution in [3.05, 3.63) is 24.3 Å². The maximum Gasteiger partial charge on any atom is 0.319 e. The highest BCUT2D eigenvalue weighted by atomic mass is 16.3. The van der Waals surface area contributed by atoms with E-state index in [0.717, 1.165) is 30.9 Å². The third-order valence-corrected chi connectivity index (χ3v) is 6.20. The molecule has 2 bridgehead atoms. The zero-order valence-electron chi connectivity index (χ0n) is 14.1. The highest BCUT2D eigenvalue weighted by molar-refractivity contribution is 5.93. The number of rotatable bonds is 4. The molecule has 3 fully saturated rings. The van der Waals surface area contributed by atoms with Gasteiger partial charge in [-0.3, -0.25) is 0 Å². The Morgan fingerprint density at radius 1 is 1.17 bits per heavy atom. The fourth-order valence-electron chi connectivity index (χ4n) is 5.02. The van der Waals surface area contributed by atoms with Gasteiger partial charge in [-0.1, -0.05) is 12.1 Å². The second-order valence-electron chi connectivity index (χ2n) is 7.52. The van der Waals surface area contributed by atoms with E-state index < -0.39 is 0 Å². The Hall–Kier alpha value is -1.75. The number of fused-ring (bicyclic) bond motifs is 2. The number of nitrogens with zero attached hydrogens (tertiary/aromatic N) is 1. The Balaban J connectivity index is 1.43. The van der Waals surface area contributed by atoms with Gasteiger partial charge in [0, 0.05) is 31.7 Å². The molecule has 0 radical (unpaired) electrons. The van der Waals surface area contributed by atoms with Gasteiger partial charge in [0.15, 0.2) is 0 Å².